The van der Waals surface area contributed by atoms with Crippen LogP contribution in [0.3, 0.4) is 0 Å². The second kappa shape index (κ2) is 8.63. The summed E-state index contributed by atoms with van der Waals surface area (Å²) < 4.78 is 28.7. The van der Waals surface area contributed by atoms with Gasteiger partial charge in [0.15, 0.2) is 4.91 Å². The summed E-state index contributed by atoms with van der Waals surface area (Å²) in [5.41, 5.74) is 4.45. The van der Waals surface area contributed by atoms with Crippen LogP contribution in [0, 0.1) is 6.92 Å². The molecule has 0 radical (unpaired) electrons. The maximum absolute atomic E-state index is 13.7. The van der Waals surface area contributed by atoms with Crippen molar-refractivity contribution in [2.45, 2.75) is 26.8 Å². The molecule has 1 N–H and O–H groups in total. The Morgan fingerprint density at radius 1 is 0.938 bits per heavy atom. The number of carbonyl (C=O) groups excluding carboxylic acids is 1. The van der Waals surface area contributed by atoms with Crippen LogP contribution in [-0.4, -0.2) is 20.9 Å². The number of para-hydroxylation sites is 1. The molecule has 3 aromatic rings. The third kappa shape index (κ3) is 3.82. The fraction of sp³-hybridized carbons (Fsp3) is 0.192. The quantitative estimate of drug-likeness (QED) is 0.612. The van der Waals surface area contributed by atoms with Crippen molar-refractivity contribution in [2.24, 2.45) is 0 Å². The van der Waals surface area contributed by atoms with Crippen molar-refractivity contribution in [3.05, 3.63) is 106 Å². The van der Waals surface area contributed by atoms with E-state index in [-0.39, 0.29) is 17.5 Å². The van der Waals surface area contributed by atoms with Gasteiger partial charge in [-0.15, -0.1) is 0 Å². The molecule has 4 rings (SSSR count). The largest absolute Gasteiger partial charge is 0.345 e. The molecule has 0 saturated heterocycles. The minimum absolute atomic E-state index is 0.219. The Kier molecular flexibility index (Phi) is 5.89. The van der Waals surface area contributed by atoms with E-state index in [1.54, 1.807) is 13.0 Å². The van der Waals surface area contributed by atoms with Crippen LogP contribution in [0.1, 0.15) is 42.1 Å². The van der Waals surface area contributed by atoms with Crippen LogP contribution >= 0.6 is 0 Å². The predicted molar refractivity (Wildman–Crippen MR) is 129 cm³/mol. The van der Waals surface area contributed by atoms with Gasteiger partial charge in [-0.05, 0) is 38.0 Å². The Morgan fingerprint density at radius 2 is 1.56 bits per heavy atom. The van der Waals surface area contributed by atoms with Gasteiger partial charge in [-0.1, -0.05) is 78.4 Å². The van der Waals surface area contributed by atoms with E-state index >= 15 is 0 Å². The lowest BCUT2D eigenvalue weighted by Gasteiger charge is -2.33. The Bertz CT molecular complexity index is 1280. The maximum Gasteiger partial charge on any atom is 0.270 e. The summed E-state index contributed by atoms with van der Waals surface area (Å²) in [6.45, 7) is 5.85. The molecule has 6 heteroatoms. The molecule has 32 heavy (non-hydrogen) atoms. The van der Waals surface area contributed by atoms with E-state index in [2.05, 4.69) is 5.32 Å². The zero-order chi connectivity index (χ0) is 22.9. The molecule has 0 spiro atoms. The minimum atomic E-state index is -4.06. The fourth-order valence-electron chi connectivity index (χ4n) is 4.06. The number of rotatable bonds is 5. The second-order valence-electron chi connectivity index (χ2n) is 7.86. The van der Waals surface area contributed by atoms with Crippen LogP contribution in [0.15, 0.2) is 83.8 Å². The van der Waals surface area contributed by atoms with Gasteiger partial charge in [-0.25, -0.2) is 8.42 Å². The standard InChI is InChI=1S/C26H26N2O3S/c1-4-28-23-13-9-8-12-22(23)24(21-10-6-5-7-11-21)25(32(28,30)31)26(29)27-19(3)20-16-14-18(2)15-17-20/h5-17,19H,4H2,1-3H3,(H,27,29)/t19-/m0/s1. The number of hydrogen-bond donors (Lipinski definition) is 1. The lowest BCUT2D eigenvalue weighted by atomic mass is 9.95. The van der Waals surface area contributed by atoms with Crippen molar-refractivity contribution in [1.82, 2.24) is 5.32 Å². The lowest BCUT2D eigenvalue weighted by molar-refractivity contribution is -0.117. The molecule has 1 aliphatic rings. The molecule has 164 valence electrons. The summed E-state index contributed by atoms with van der Waals surface area (Å²) >= 11 is 0. The summed E-state index contributed by atoms with van der Waals surface area (Å²) in [7, 11) is -4.06. The topological polar surface area (TPSA) is 66.5 Å². The Labute approximate surface area is 189 Å². The van der Waals surface area contributed by atoms with Crippen LogP contribution in [0.2, 0.25) is 0 Å². The van der Waals surface area contributed by atoms with Gasteiger partial charge in [0.25, 0.3) is 15.9 Å². The van der Waals surface area contributed by atoms with Crippen molar-refractivity contribution in [1.29, 1.82) is 0 Å². The first-order valence-electron chi connectivity index (χ1n) is 10.6. The van der Waals surface area contributed by atoms with Crippen LogP contribution in [0.4, 0.5) is 5.69 Å². The smallest absolute Gasteiger partial charge is 0.270 e. The molecule has 0 saturated carbocycles. The Hall–Kier alpha value is -3.38. The molecule has 0 aromatic heterocycles. The Balaban J connectivity index is 1.89. The highest BCUT2D eigenvalue weighted by molar-refractivity contribution is 7.97. The van der Waals surface area contributed by atoms with Crippen molar-refractivity contribution in [3.63, 3.8) is 0 Å². The average Bonchev–Trinajstić information content (AvgIpc) is 2.78. The summed E-state index contributed by atoms with van der Waals surface area (Å²) in [6, 6.07) is 24.0. The van der Waals surface area contributed by atoms with Gasteiger partial charge in [0, 0.05) is 17.7 Å². The molecule has 1 aliphatic heterocycles. The monoisotopic (exact) mass is 446 g/mol. The zero-order valence-corrected chi connectivity index (χ0v) is 19.2. The van der Waals surface area contributed by atoms with Gasteiger partial charge >= 0.3 is 0 Å². The molecular weight excluding hydrogens is 420 g/mol. The fourth-order valence-corrected chi connectivity index (χ4v) is 5.81. The molecule has 0 bridgehead atoms. The molecule has 3 aromatic carbocycles. The predicted octanol–water partition coefficient (Wildman–Crippen LogP) is 4.80. The highest BCUT2D eigenvalue weighted by Crippen LogP contribution is 2.42. The van der Waals surface area contributed by atoms with Crippen LogP contribution in [0.25, 0.3) is 5.57 Å². The highest BCUT2D eigenvalue weighted by atomic mass is 32.2. The van der Waals surface area contributed by atoms with Gasteiger partial charge in [0.1, 0.15) is 0 Å². The zero-order valence-electron chi connectivity index (χ0n) is 18.4. The van der Waals surface area contributed by atoms with Crippen molar-refractivity contribution < 1.29 is 13.2 Å². The van der Waals surface area contributed by atoms with Gasteiger partial charge < -0.3 is 5.32 Å². The van der Waals surface area contributed by atoms with Crippen LogP contribution in [0.5, 0.6) is 0 Å². The van der Waals surface area contributed by atoms with E-state index in [9.17, 15) is 13.2 Å². The average molecular weight is 447 g/mol. The first-order chi connectivity index (χ1) is 15.3. The van der Waals surface area contributed by atoms with Gasteiger partial charge in [-0.2, -0.15) is 0 Å². The van der Waals surface area contributed by atoms with Crippen molar-refractivity contribution in [2.75, 3.05) is 10.8 Å². The van der Waals surface area contributed by atoms with Crippen LogP contribution < -0.4 is 9.62 Å². The first-order valence-corrected chi connectivity index (χ1v) is 12.1. The number of sulfonamides is 1. The minimum Gasteiger partial charge on any atom is -0.345 e. The number of aryl methyl sites for hydroxylation is 1. The second-order valence-corrected chi connectivity index (χ2v) is 9.66. The molecule has 1 atom stereocenters. The molecule has 1 heterocycles. The summed E-state index contributed by atoms with van der Waals surface area (Å²) in [6.07, 6.45) is 0. The van der Waals surface area contributed by atoms with E-state index in [1.807, 2.05) is 86.6 Å². The molecule has 0 aliphatic carbocycles. The summed E-state index contributed by atoms with van der Waals surface area (Å²) in [5, 5.41) is 2.91. The van der Waals surface area contributed by atoms with E-state index < -0.39 is 15.9 Å². The molecule has 0 fully saturated rings. The van der Waals surface area contributed by atoms with Crippen molar-refractivity contribution in [3.8, 4) is 0 Å². The summed E-state index contributed by atoms with van der Waals surface area (Å²) in [4.78, 5) is 13.3. The Morgan fingerprint density at radius 3 is 2.22 bits per heavy atom. The number of carbonyl (C=O) groups is 1. The number of nitrogens with one attached hydrogen (secondary N) is 1. The third-order valence-electron chi connectivity index (χ3n) is 5.70. The third-order valence-corrected chi connectivity index (χ3v) is 7.64. The van der Waals surface area contributed by atoms with E-state index in [0.717, 1.165) is 16.7 Å². The highest BCUT2D eigenvalue weighted by Gasteiger charge is 2.40. The van der Waals surface area contributed by atoms with Crippen molar-refractivity contribution >= 4 is 27.2 Å². The molecule has 5 nitrogen and oxygen atoms in total. The number of anilines is 1. The maximum atomic E-state index is 13.7. The van der Waals surface area contributed by atoms with E-state index in [4.69, 9.17) is 0 Å². The lowest BCUT2D eigenvalue weighted by Crippen LogP contribution is -2.41. The van der Waals surface area contributed by atoms with Gasteiger partial charge in [0.2, 0.25) is 0 Å². The SMILES string of the molecule is CCN1c2ccccc2C(c2ccccc2)=C(C(=O)N[C@@H](C)c2ccc(C)cc2)S1(=O)=O. The van der Waals surface area contributed by atoms with Crippen LogP contribution in [-0.2, 0) is 14.8 Å². The van der Waals surface area contributed by atoms with Gasteiger partial charge in [0.05, 0.1) is 11.7 Å². The molecule has 1 amide bonds. The number of nitrogens with zero attached hydrogens (tertiary/aromatic N) is 1. The first kappa shape index (κ1) is 21.8. The number of benzene rings is 3. The molecule has 0 unspecified atom stereocenters. The summed E-state index contributed by atoms with van der Waals surface area (Å²) in [5.74, 6) is -0.607. The normalized spacial score (nSPS) is 15.8. The molecular formula is C26H26N2O3S. The number of hydrogen-bond acceptors (Lipinski definition) is 3. The van der Waals surface area contributed by atoms with E-state index in [0.29, 0.717) is 16.8 Å². The van der Waals surface area contributed by atoms with Gasteiger partial charge in [-0.3, -0.25) is 9.10 Å². The number of amides is 1. The van der Waals surface area contributed by atoms with E-state index in [1.165, 1.54) is 4.31 Å². The number of fused-ring (bicyclic) bond motifs is 1.